The minimum Gasteiger partial charge on any atom is -0.374 e. The fourth-order valence-electron chi connectivity index (χ4n) is 1.95. The van der Waals surface area contributed by atoms with Gasteiger partial charge in [0.05, 0.1) is 23.2 Å². The Morgan fingerprint density at radius 3 is 2.71 bits per heavy atom. The molecule has 2 rings (SSSR count). The van der Waals surface area contributed by atoms with Gasteiger partial charge in [0.15, 0.2) is 0 Å². The van der Waals surface area contributed by atoms with Crippen LogP contribution < -0.4 is 0 Å². The topological polar surface area (TPSA) is 52.4 Å². The third kappa shape index (κ3) is 2.82. The van der Waals surface area contributed by atoms with Crippen molar-refractivity contribution in [2.75, 3.05) is 0 Å². The van der Waals surface area contributed by atoms with E-state index in [2.05, 4.69) is 0 Å². The summed E-state index contributed by atoms with van der Waals surface area (Å²) in [5, 5.41) is 11.0. The van der Waals surface area contributed by atoms with E-state index in [-0.39, 0.29) is 16.7 Å². The molecule has 4 nitrogen and oxygen atoms in total. The molecule has 1 aromatic carbocycles. The molecule has 0 N–H and O–H groups in total. The molecule has 0 heterocycles. The first-order valence-corrected chi connectivity index (χ1v) is 5.97. The molecular formula is C13H17NO3. The second-order valence-corrected chi connectivity index (χ2v) is 4.74. The number of hydrogen-bond acceptors (Lipinski definition) is 3. The van der Waals surface area contributed by atoms with E-state index >= 15 is 0 Å². The molecular weight excluding hydrogens is 218 g/mol. The lowest BCUT2D eigenvalue weighted by Crippen LogP contribution is -2.07. The summed E-state index contributed by atoms with van der Waals surface area (Å²) < 4.78 is 5.53. The molecule has 4 heteroatoms. The zero-order valence-electron chi connectivity index (χ0n) is 10.2. The van der Waals surface area contributed by atoms with Crippen LogP contribution in [0.25, 0.3) is 0 Å². The molecule has 1 aliphatic rings. The zero-order chi connectivity index (χ0) is 12.4. The molecule has 0 amide bonds. The number of nitrogens with zero attached hydrogens (tertiary/aromatic N) is 1. The Labute approximate surface area is 101 Å². The lowest BCUT2D eigenvalue weighted by molar-refractivity contribution is -0.386. The summed E-state index contributed by atoms with van der Waals surface area (Å²) in [6.45, 7) is 4.21. The van der Waals surface area contributed by atoms with Gasteiger partial charge in [0.1, 0.15) is 0 Å². The summed E-state index contributed by atoms with van der Waals surface area (Å²) in [5.41, 5.74) is 2.05. The lowest BCUT2D eigenvalue weighted by atomic mass is 10.0. The minimum atomic E-state index is -0.315. The van der Waals surface area contributed by atoms with E-state index in [1.807, 2.05) is 19.9 Å². The van der Waals surface area contributed by atoms with Crippen LogP contribution in [-0.2, 0) is 11.3 Å². The average Bonchev–Trinajstić information content (AvgIpc) is 3.09. The van der Waals surface area contributed by atoms with Crippen LogP contribution in [0.2, 0.25) is 0 Å². The van der Waals surface area contributed by atoms with Crippen LogP contribution in [0.5, 0.6) is 0 Å². The molecule has 0 aliphatic heterocycles. The molecule has 1 fully saturated rings. The third-order valence-electron chi connectivity index (χ3n) is 2.96. The molecule has 0 radical (unpaired) electrons. The number of benzene rings is 1. The van der Waals surface area contributed by atoms with Crippen molar-refractivity contribution in [2.45, 2.75) is 45.3 Å². The molecule has 0 atom stereocenters. The van der Waals surface area contributed by atoms with Crippen molar-refractivity contribution in [3.05, 3.63) is 39.4 Å². The first-order chi connectivity index (χ1) is 8.09. The first kappa shape index (κ1) is 12.0. The van der Waals surface area contributed by atoms with Crippen LogP contribution in [0.1, 0.15) is 43.7 Å². The van der Waals surface area contributed by atoms with E-state index in [0.717, 1.165) is 24.0 Å². The van der Waals surface area contributed by atoms with E-state index in [1.165, 1.54) is 0 Å². The molecule has 1 saturated carbocycles. The maximum absolute atomic E-state index is 11.0. The van der Waals surface area contributed by atoms with Gasteiger partial charge in [-0.15, -0.1) is 0 Å². The highest BCUT2D eigenvalue weighted by Crippen LogP contribution is 2.43. The molecule has 0 unspecified atom stereocenters. The normalized spacial score (nSPS) is 15.2. The third-order valence-corrected chi connectivity index (χ3v) is 2.96. The second kappa shape index (κ2) is 4.84. The standard InChI is InChI=1S/C13H17NO3/c1-9(2)17-8-12-11(10-6-7-10)4-3-5-13(12)14(15)16/h3-5,9-10H,6-8H2,1-2H3. The summed E-state index contributed by atoms with van der Waals surface area (Å²) in [4.78, 5) is 10.7. The van der Waals surface area contributed by atoms with E-state index in [4.69, 9.17) is 4.74 Å². The molecule has 92 valence electrons. The Kier molecular flexibility index (Phi) is 3.43. The largest absolute Gasteiger partial charge is 0.374 e. The van der Waals surface area contributed by atoms with Crippen molar-refractivity contribution >= 4 is 5.69 Å². The number of ether oxygens (including phenoxy) is 1. The van der Waals surface area contributed by atoms with Crippen LogP contribution in [-0.4, -0.2) is 11.0 Å². The van der Waals surface area contributed by atoms with Gasteiger partial charge in [-0.2, -0.15) is 0 Å². The summed E-state index contributed by atoms with van der Waals surface area (Å²) in [6, 6.07) is 5.32. The maximum Gasteiger partial charge on any atom is 0.275 e. The lowest BCUT2D eigenvalue weighted by Gasteiger charge is -2.12. The fraction of sp³-hybridized carbons (Fsp3) is 0.538. The van der Waals surface area contributed by atoms with Crippen molar-refractivity contribution in [1.82, 2.24) is 0 Å². The number of rotatable bonds is 5. The van der Waals surface area contributed by atoms with Crippen LogP contribution >= 0.6 is 0 Å². The number of nitro groups is 1. The van der Waals surface area contributed by atoms with Crippen molar-refractivity contribution in [1.29, 1.82) is 0 Å². The maximum atomic E-state index is 11.0. The van der Waals surface area contributed by atoms with Crippen molar-refractivity contribution in [3.8, 4) is 0 Å². The molecule has 1 aliphatic carbocycles. The first-order valence-electron chi connectivity index (χ1n) is 5.97. The van der Waals surface area contributed by atoms with E-state index in [9.17, 15) is 10.1 Å². The van der Waals surface area contributed by atoms with Crippen LogP contribution in [0.15, 0.2) is 18.2 Å². The van der Waals surface area contributed by atoms with Gasteiger partial charge in [0.25, 0.3) is 5.69 Å². The molecule has 17 heavy (non-hydrogen) atoms. The quantitative estimate of drug-likeness (QED) is 0.580. The van der Waals surface area contributed by atoms with E-state index in [0.29, 0.717) is 12.5 Å². The number of hydrogen-bond donors (Lipinski definition) is 0. The minimum absolute atomic E-state index is 0.0851. The van der Waals surface area contributed by atoms with E-state index < -0.39 is 0 Å². The smallest absolute Gasteiger partial charge is 0.275 e. The monoisotopic (exact) mass is 235 g/mol. The molecule has 0 spiro atoms. The summed E-state index contributed by atoms with van der Waals surface area (Å²) >= 11 is 0. The van der Waals surface area contributed by atoms with Gasteiger partial charge in [-0.1, -0.05) is 12.1 Å². The predicted octanol–water partition coefficient (Wildman–Crippen LogP) is 3.40. The van der Waals surface area contributed by atoms with Gasteiger partial charge in [0, 0.05) is 6.07 Å². The fourth-order valence-corrected chi connectivity index (χ4v) is 1.95. The molecule has 0 bridgehead atoms. The molecule has 0 aromatic heterocycles. The van der Waals surface area contributed by atoms with E-state index in [1.54, 1.807) is 12.1 Å². The molecule has 1 aromatic rings. The summed E-state index contributed by atoms with van der Waals surface area (Å²) in [7, 11) is 0. The SMILES string of the molecule is CC(C)OCc1c(C2CC2)cccc1[N+](=O)[O-]. The highest BCUT2D eigenvalue weighted by Gasteiger charge is 2.29. The highest BCUT2D eigenvalue weighted by atomic mass is 16.6. The van der Waals surface area contributed by atoms with Crippen LogP contribution in [0.3, 0.4) is 0 Å². The summed E-state index contributed by atoms with van der Waals surface area (Å²) in [5.74, 6) is 0.501. The van der Waals surface area contributed by atoms with Crippen LogP contribution in [0.4, 0.5) is 5.69 Å². The Morgan fingerprint density at radius 2 is 2.18 bits per heavy atom. The van der Waals surface area contributed by atoms with Crippen molar-refractivity contribution in [3.63, 3.8) is 0 Å². The summed E-state index contributed by atoms with van der Waals surface area (Å²) in [6.07, 6.45) is 2.35. The predicted molar refractivity (Wildman–Crippen MR) is 65.0 cm³/mol. The Morgan fingerprint density at radius 1 is 1.47 bits per heavy atom. The average molecular weight is 235 g/mol. The highest BCUT2D eigenvalue weighted by molar-refractivity contribution is 5.47. The Hall–Kier alpha value is -1.42. The van der Waals surface area contributed by atoms with Gasteiger partial charge in [-0.25, -0.2) is 0 Å². The van der Waals surface area contributed by atoms with Crippen molar-refractivity contribution < 1.29 is 9.66 Å². The van der Waals surface area contributed by atoms with Crippen LogP contribution in [0, 0.1) is 10.1 Å². The second-order valence-electron chi connectivity index (χ2n) is 4.74. The van der Waals surface area contributed by atoms with Crippen molar-refractivity contribution in [2.24, 2.45) is 0 Å². The van der Waals surface area contributed by atoms with Gasteiger partial charge in [0.2, 0.25) is 0 Å². The zero-order valence-corrected chi connectivity index (χ0v) is 10.2. The van der Waals surface area contributed by atoms with Gasteiger partial charge >= 0.3 is 0 Å². The Balaban J connectivity index is 2.31. The number of nitro benzene ring substituents is 1. The van der Waals surface area contributed by atoms with Gasteiger partial charge in [-0.05, 0) is 38.2 Å². The van der Waals surface area contributed by atoms with Gasteiger partial charge < -0.3 is 4.74 Å². The van der Waals surface area contributed by atoms with Gasteiger partial charge in [-0.3, -0.25) is 10.1 Å². The molecule has 0 saturated heterocycles. The Bertz CT molecular complexity index is 425.